The summed E-state index contributed by atoms with van der Waals surface area (Å²) in [5.41, 5.74) is 0.382. The van der Waals surface area contributed by atoms with Crippen LogP contribution in [-0.4, -0.2) is 22.8 Å². The summed E-state index contributed by atoms with van der Waals surface area (Å²) in [6.45, 7) is 10.9. The van der Waals surface area contributed by atoms with Crippen molar-refractivity contribution in [3.05, 3.63) is 35.9 Å². The molecule has 0 bridgehead atoms. The molecule has 0 aliphatic carbocycles. The van der Waals surface area contributed by atoms with E-state index >= 15 is 0 Å². The van der Waals surface area contributed by atoms with E-state index in [1.165, 1.54) is 5.56 Å². The summed E-state index contributed by atoms with van der Waals surface area (Å²) in [7, 11) is 0. The molecule has 0 fully saturated rings. The van der Waals surface area contributed by atoms with Gasteiger partial charge in [0.05, 0.1) is 5.60 Å². The maximum absolute atomic E-state index is 10.1. The van der Waals surface area contributed by atoms with Crippen LogP contribution in [0, 0.1) is 0 Å². The SMILES string of the molecule is CC(CCNC(C)(C)C(C)(C)O)c1ccccc1. The fourth-order valence-corrected chi connectivity index (χ4v) is 1.77. The van der Waals surface area contributed by atoms with Crippen molar-refractivity contribution >= 4 is 0 Å². The zero-order valence-electron chi connectivity index (χ0n) is 12.3. The van der Waals surface area contributed by atoms with Crippen molar-refractivity contribution in [1.29, 1.82) is 0 Å². The summed E-state index contributed by atoms with van der Waals surface area (Å²) >= 11 is 0. The highest BCUT2D eigenvalue weighted by molar-refractivity contribution is 5.18. The Hall–Kier alpha value is -0.860. The zero-order valence-corrected chi connectivity index (χ0v) is 12.3. The molecular weight excluding hydrogens is 222 g/mol. The third kappa shape index (κ3) is 4.11. The van der Waals surface area contributed by atoms with Gasteiger partial charge in [-0.15, -0.1) is 0 Å². The molecule has 1 rings (SSSR count). The third-order valence-electron chi connectivity index (χ3n) is 4.04. The number of aliphatic hydroxyl groups is 1. The Kier molecular flexibility index (Phi) is 4.94. The van der Waals surface area contributed by atoms with Crippen LogP contribution in [0.4, 0.5) is 0 Å². The molecule has 0 aromatic heterocycles. The highest BCUT2D eigenvalue weighted by Crippen LogP contribution is 2.22. The van der Waals surface area contributed by atoms with Crippen LogP contribution >= 0.6 is 0 Å². The van der Waals surface area contributed by atoms with Crippen molar-refractivity contribution in [2.24, 2.45) is 0 Å². The zero-order chi connectivity index (χ0) is 13.8. The summed E-state index contributed by atoms with van der Waals surface area (Å²) in [5, 5.41) is 13.5. The van der Waals surface area contributed by atoms with Crippen LogP contribution in [0.3, 0.4) is 0 Å². The van der Waals surface area contributed by atoms with Gasteiger partial charge in [-0.2, -0.15) is 0 Å². The molecule has 0 spiro atoms. The molecule has 0 saturated heterocycles. The van der Waals surface area contributed by atoms with E-state index < -0.39 is 5.60 Å². The molecule has 0 amide bonds. The standard InChI is InChI=1S/C16H27NO/c1-13(14-9-7-6-8-10-14)11-12-17-15(2,3)16(4,5)18/h6-10,13,17-18H,11-12H2,1-5H3. The van der Waals surface area contributed by atoms with Gasteiger partial charge in [-0.05, 0) is 52.1 Å². The highest BCUT2D eigenvalue weighted by Gasteiger charge is 2.34. The first-order chi connectivity index (χ1) is 8.24. The molecule has 1 aromatic rings. The van der Waals surface area contributed by atoms with Crippen molar-refractivity contribution in [2.45, 2.75) is 58.1 Å². The molecule has 0 heterocycles. The van der Waals surface area contributed by atoms with E-state index in [1.807, 2.05) is 33.8 Å². The monoisotopic (exact) mass is 249 g/mol. The minimum Gasteiger partial charge on any atom is -0.389 e. The van der Waals surface area contributed by atoms with Gasteiger partial charge in [0.2, 0.25) is 0 Å². The largest absolute Gasteiger partial charge is 0.389 e. The number of rotatable bonds is 6. The minimum absolute atomic E-state index is 0.274. The Bertz CT molecular complexity index is 351. The Labute approximate surface area is 111 Å². The molecule has 2 N–H and O–H groups in total. The molecule has 1 unspecified atom stereocenters. The number of hydrogen-bond donors (Lipinski definition) is 2. The summed E-state index contributed by atoms with van der Waals surface area (Å²) in [6, 6.07) is 10.6. The van der Waals surface area contributed by atoms with Crippen LogP contribution in [-0.2, 0) is 0 Å². The molecule has 1 aromatic carbocycles. The summed E-state index contributed by atoms with van der Waals surface area (Å²) in [4.78, 5) is 0. The van der Waals surface area contributed by atoms with Gasteiger partial charge in [-0.3, -0.25) is 0 Å². The van der Waals surface area contributed by atoms with Gasteiger partial charge >= 0.3 is 0 Å². The van der Waals surface area contributed by atoms with Crippen LogP contribution in [0.15, 0.2) is 30.3 Å². The number of nitrogens with one attached hydrogen (secondary N) is 1. The van der Waals surface area contributed by atoms with E-state index in [1.54, 1.807) is 0 Å². The molecular formula is C16H27NO. The molecule has 2 heteroatoms. The molecule has 0 aliphatic heterocycles. The molecule has 0 radical (unpaired) electrons. The number of benzene rings is 1. The van der Waals surface area contributed by atoms with E-state index in [2.05, 4.69) is 36.5 Å². The molecule has 18 heavy (non-hydrogen) atoms. The van der Waals surface area contributed by atoms with Crippen molar-refractivity contribution in [2.75, 3.05) is 6.54 Å². The fourth-order valence-electron chi connectivity index (χ4n) is 1.77. The maximum atomic E-state index is 10.1. The lowest BCUT2D eigenvalue weighted by molar-refractivity contribution is -0.00451. The highest BCUT2D eigenvalue weighted by atomic mass is 16.3. The fraction of sp³-hybridized carbons (Fsp3) is 0.625. The van der Waals surface area contributed by atoms with E-state index in [0.717, 1.165) is 13.0 Å². The minimum atomic E-state index is -0.719. The van der Waals surface area contributed by atoms with Crippen molar-refractivity contribution in [3.8, 4) is 0 Å². The first-order valence-corrected chi connectivity index (χ1v) is 6.76. The second-order valence-electron chi connectivity index (χ2n) is 6.21. The second kappa shape index (κ2) is 5.85. The van der Waals surface area contributed by atoms with Gasteiger partial charge in [-0.25, -0.2) is 0 Å². The molecule has 1 atom stereocenters. The first kappa shape index (κ1) is 15.2. The Morgan fingerprint density at radius 1 is 1.11 bits per heavy atom. The molecule has 0 aliphatic rings. The topological polar surface area (TPSA) is 32.3 Å². The average molecular weight is 249 g/mol. The third-order valence-corrected chi connectivity index (χ3v) is 4.04. The van der Waals surface area contributed by atoms with Crippen LogP contribution < -0.4 is 5.32 Å². The van der Waals surface area contributed by atoms with Crippen LogP contribution in [0.25, 0.3) is 0 Å². The van der Waals surface area contributed by atoms with E-state index in [9.17, 15) is 5.11 Å². The molecule has 0 saturated carbocycles. The second-order valence-corrected chi connectivity index (χ2v) is 6.21. The Balaban J connectivity index is 2.43. The van der Waals surface area contributed by atoms with Gasteiger partial charge < -0.3 is 10.4 Å². The predicted octanol–water partition coefficient (Wildman–Crippen LogP) is 3.32. The van der Waals surface area contributed by atoms with Crippen molar-refractivity contribution in [1.82, 2.24) is 5.32 Å². The van der Waals surface area contributed by atoms with E-state index in [4.69, 9.17) is 0 Å². The van der Waals surface area contributed by atoms with Gasteiger partial charge in [0.1, 0.15) is 0 Å². The van der Waals surface area contributed by atoms with Crippen molar-refractivity contribution in [3.63, 3.8) is 0 Å². The quantitative estimate of drug-likeness (QED) is 0.810. The van der Waals surface area contributed by atoms with Gasteiger partial charge in [0.15, 0.2) is 0 Å². The van der Waals surface area contributed by atoms with Crippen LogP contribution in [0.1, 0.15) is 52.5 Å². The first-order valence-electron chi connectivity index (χ1n) is 6.76. The van der Waals surface area contributed by atoms with E-state index in [0.29, 0.717) is 5.92 Å². The summed E-state index contributed by atoms with van der Waals surface area (Å²) in [6.07, 6.45) is 1.07. The van der Waals surface area contributed by atoms with Crippen LogP contribution in [0.2, 0.25) is 0 Å². The Morgan fingerprint density at radius 3 is 2.17 bits per heavy atom. The lowest BCUT2D eigenvalue weighted by Crippen LogP contribution is -2.56. The average Bonchev–Trinajstić information content (AvgIpc) is 2.28. The summed E-state index contributed by atoms with van der Waals surface area (Å²) < 4.78 is 0. The smallest absolute Gasteiger partial charge is 0.0767 e. The van der Waals surface area contributed by atoms with E-state index in [-0.39, 0.29) is 5.54 Å². The van der Waals surface area contributed by atoms with Crippen LogP contribution in [0.5, 0.6) is 0 Å². The summed E-state index contributed by atoms with van der Waals surface area (Å²) in [5.74, 6) is 0.538. The molecule has 102 valence electrons. The van der Waals surface area contributed by atoms with Gasteiger partial charge in [-0.1, -0.05) is 37.3 Å². The lowest BCUT2D eigenvalue weighted by atomic mass is 9.85. The normalized spacial score (nSPS) is 14.6. The predicted molar refractivity (Wildman–Crippen MR) is 77.9 cm³/mol. The van der Waals surface area contributed by atoms with Crippen molar-refractivity contribution < 1.29 is 5.11 Å². The molecule has 2 nitrogen and oxygen atoms in total. The van der Waals surface area contributed by atoms with Gasteiger partial charge in [0, 0.05) is 5.54 Å². The van der Waals surface area contributed by atoms with Gasteiger partial charge in [0.25, 0.3) is 0 Å². The maximum Gasteiger partial charge on any atom is 0.0767 e. The lowest BCUT2D eigenvalue weighted by Gasteiger charge is -2.38. The number of hydrogen-bond acceptors (Lipinski definition) is 2. The Morgan fingerprint density at radius 2 is 1.67 bits per heavy atom.